The lowest BCUT2D eigenvalue weighted by Crippen LogP contribution is -2.34. The Balaban J connectivity index is 4.29. The molecule has 0 bridgehead atoms. The van der Waals surface area contributed by atoms with E-state index in [1.54, 1.807) is 0 Å². The predicted molar refractivity (Wildman–Crippen MR) is 111 cm³/mol. The third kappa shape index (κ3) is 10.0. The molecule has 0 aliphatic rings. The van der Waals surface area contributed by atoms with Crippen LogP contribution in [0.25, 0.3) is 0 Å². The lowest BCUT2D eigenvalue weighted by atomic mass is 10.0. The summed E-state index contributed by atoms with van der Waals surface area (Å²) >= 11 is 0. The fourth-order valence-corrected chi connectivity index (χ4v) is 6.88. The van der Waals surface area contributed by atoms with Crippen molar-refractivity contribution in [3.63, 3.8) is 0 Å². The second-order valence-corrected chi connectivity index (χ2v) is 14.4. The summed E-state index contributed by atoms with van der Waals surface area (Å²) < 4.78 is 6.51. The van der Waals surface area contributed by atoms with Crippen LogP contribution in [-0.4, -0.2) is 35.2 Å². The minimum absolute atomic E-state index is 0.418. The highest BCUT2D eigenvalue weighted by atomic mass is 32.3. The van der Waals surface area contributed by atoms with Crippen molar-refractivity contribution in [2.45, 2.75) is 98.8 Å². The molecule has 1 nitrogen and oxygen atoms in total. The van der Waals surface area contributed by atoms with Gasteiger partial charge in [-0.1, -0.05) is 61.8 Å². The fraction of sp³-hybridized carbons (Fsp3) is 1.00. The van der Waals surface area contributed by atoms with Crippen LogP contribution in [0.1, 0.15) is 88.0 Å². The Morgan fingerprint density at radius 2 is 1.52 bits per heavy atom. The van der Waals surface area contributed by atoms with E-state index in [9.17, 15) is 0 Å². The molecule has 3 atom stereocenters. The molecule has 0 rings (SSSR count). The molecule has 3 unspecified atom stereocenters. The summed E-state index contributed by atoms with van der Waals surface area (Å²) in [6.45, 7) is 22.3. The zero-order chi connectivity index (χ0) is 18.3. The van der Waals surface area contributed by atoms with Gasteiger partial charge >= 0.3 is 0 Å². The van der Waals surface area contributed by atoms with Crippen LogP contribution in [0, 0.1) is 11.3 Å². The Labute approximate surface area is 149 Å². The highest BCUT2D eigenvalue weighted by Crippen LogP contribution is 2.59. The van der Waals surface area contributed by atoms with Gasteiger partial charge in [-0.3, -0.25) is 0 Å². The minimum atomic E-state index is -0.621. The van der Waals surface area contributed by atoms with E-state index in [0.29, 0.717) is 16.3 Å². The molecule has 142 valence electrons. The average molecular weight is 347 g/mol. The highest BCUT2D eigenvalue weighted by Gasteiger charge is 2.35. The van der Waals surface area contributed by atoms with Gasteiger partial charge in [-0.25, -0.2) is 10.0 Å². The van der Waals surface area contributed by atoms with E-state index in [0.717, 1.165) is 12.5 Å². The number of hydrogen-bond donors (Lipinski definition) is 0. The van der Waals surface area contributed by atoms with Crippen LogP contribution in [-0.2, 0) is 4.74 Å². The first-order valence-corrected chi connectivity index (χ1v) is 12.0. The van der Waals surface area contributed by atoms with Gasteiger partial charge in [0, 0.05) is 6.61 Å². The van der Waals surface area contributed by atoms with Crippen molar-refractivity contribution < 1.29 is 4.74 Å². The summed E-state index contributed by atoms with van der Waals surface area (Å²) in [6, 6.07) is 0. The molecule has 0 aromatic heterocycles. The van der Waals surface area contributed by atoms with Gasteiger partial charge in [-0.2, -0.15) is 0 Å². The van der Waals surface area contributed by atoms with Crippen molar-refractivity contribution in [3.8, 4) is 0 Å². The summed E-state index contributed by atoms with van der Waals surface area (Å²) in [5, 5.41) is 0. The van der Waals surface area contributed by atoms with E-state index in [4.69, 9.17) is 4.74 Å². The molecule has 0 saturated carbocycles. The van der Waals surface area contributed by atoms with Gasteiger partial charge in [-0.15, -0.1) is 0 Å². The van der Waals surface area contributed by atoms with Crippen LogP contribution in [0.4, 0.5) is 0 Å². The van der Waals surface area contributed by atoms with Crippen LogP contribution < -0.4 is 0 Å². The van der Waals surface area contributed by atoms with E-state index >= 15 is 0 Å². The first-order valence-electron chi connectivity index (χ1n) is 9.65. The van der Waals surface area contributed by atoms with E-state index in [1.807, 2.05) is 0 Å². The standard InChI is InChI=1S/C21H46OS/c1-11-18(2)13-14-19(3)22-15-12-16-23(10,21(7,8)9)17-20(4,5)6/h18-19H,11-17H2,1-10H3. The average Bonchev–Trinajstić information content (AvgIpc) is 2.37. The van der Waals surface area contributed by atoms with Crippen molar-refractivity contribution in [3.05, 3.63) is 0 Å². The molecule has 0 aliphatic carbocycles. The SMILES string of the molecule is CCC(C)CCC(C)OCCCS(C)(CC(C)(C)C)C(C)(C)C. The maximum atomic E-state index is 6.09. The normalized spacial score (nSPS) is 19.9. The summed E-state index contributed by atoms with van der Waals surface area (Å²) in [7, 11) is -0.621. The highest BCUT2D eigenvalue weighted by molar-refractivity contribution is 8.34. The van der Waals surface area contributed by atoms with Crippen LogP contribution >= 0.6 is 10.0 Å². The van der Waals surface area contributed by atoms with E-state index < -0.39 is 10.0 Å². The van der Waals surface area contributed by atoms with Crippen molar-refractivity contribution in [1.29, 1.82) is 0 Å². The fourth-order valence-electron chi connectivity index (χ4n) is 3.02. The third-order valence-corrected chi connectivity index (χ3v) is 10.8. The van der Waals surface area contributed by atoms with E-state index in [2.05, 4.69) is 68.6 Å². The first kappa shape index (κ1) is 23.3. The monoisotopic (exact) mass is 346 g/mol. The number of ether oxygens (including phenoxy) is 1. The second-order valence-electron chi connectivity index (χ2n) is 9.92. The molecular weight excluding hydrogens is 300 g/mol. The number of rotatable bonds is 10. The van der Waals surface area contributed by atoms with Crippen molar-refractivity contribution >= 4 is 10.0 Å². The maximum Gasteiger partial charge on any atom is 0.0547 e. The molecule has 0 N–H and O–H groups in total. The predicted octanol–water partition coefficient (Wildman–Crippen LogP) is 6.89. The number of hydrogen-bond acceptors (Lipinski definition) is 1. The van der Waals surface area contributed by atoms with Gasteiger partial charge in [-0.05, 0) is 60.0 Å². The van der Waals surface area contributed by atoms with Gasteiger partial charge in [0.1, 0.15) is 0 Å². The van der Waals surface area contributed by atoms with E-state index in [-0.39, 0.29) is 0 Å². The molecule has 23 heavy (non-hydrogen) atoms. The molecule has 2 heteroatoms. The molecule has 0 aromatic carbocycles. The van der Waals surface area contributed by atoms with Gasteiger partial charge in [0.05, 0.1) is 6.10 Å². The Kier molecular flexibility index (Phi) is 9.84. The molecular formula is C21H46OS. The van der Waals surface area contributed by atoms with E-state index in [1.165, 1.54) is 37.2 Å². The van der Waals surface area contributed by atoms with Crippen LogP contribution in [0.15, 0.2) is 0 Å². The lowest BCUT2D eigenvalue weighted by Gasteiger charge is -2.51. The summed E-state index contributed by atoms with van der Waals surface area (Å²) in [4.78, 5) is 0. The zero-order valence-corrected chi connectivity index (χ0v) is 18.7. The van der Waals surface area contributed by atoms with Crippen LogP contribution in [0.5, 0.6) is 0 Å². The van der Waals surface area contributed by atoms with Crippen molar-refractivity contribution in [2.75, 3.05) is 24.4 Å². The Morgan fingerprint density at radius 3 is 1.96 bits per heavy atom. The molecule has 0 heterocycles. The molecule has 0 aliphatic heterocycles. The van der Waals surface area contributed by atoms with Crippen molar-refractivity contribution in [2.24, 2.45) is 11.3 Å². The Bertz CT molecular complexity index is 313. The van der Waals surface area contributed by atoms with Crippen molar-refractivity contribution in [1.82, 2.24) is 0 Å². The first-order chi connectivity index (χ1) is 10.3. The summed E-state index contributed by atoms with van der Waals surface area (Å²) in [6.07, 6.45) is 7.99. The maximum absolute atomic E-state index is 6.09. The molecule has 0 saturated heterocycles. The summed E-state index contributed by atoms with van der Waals surface area (Å²) in [5.41, 5.74) is 0.418. The molecule has 0 spiro atoms. The van der Waals surface area contributed by atoms with Crippen LogP contribution in [0.2, 0.25) is 0 Å². The topological polar surface area (TPSA) is 9.23 Å². The van der Waals surface area contributed by atoms with Gasteiger partial charge in [0.15, 0.2) is 0 Å². The van der Waals surface area contributed by atoms with Crippen LogP contribution in [0.3, 0.4) is 0 Å². The smallest absolute Gasteiger partial charge is 0.0547 e. The minimum Gasteiger partial charge on any atom is -0.378 e. The lowest BCUT2D eigenvalue weighted by molar-refractivity contribution is 0.0569. The second kappa shape index (κ2) is 9.70. The summed E-state index contributed by atoms with van der Waals surface area (Å²) in [5.74, 6) is 3.53. The Morgan fingerprint density at radius 1 is 0.957 bits per heavy atom. The molecule has 0 radical (unpaired) electrons. The molecule has 0 amide bonds. The Hall–Kier alpha value is 0.310. The molecule has 0 aromatic rings. The van der Waals surface area contributed by atoms with Gasteiger partial charge < -0.3 is 4.74 Å². The zero-order valence-electron chi connectivity index (χ0n) is 17.9. The largest absolute Gasteiger partial charge is 0.378 e. The van der Waals surface area contributed by atoms with Gasteiger partial charge in [0.2, 0.25) is 0 Å². The van der Waals surface area contributed by atoms with Gasteiger partial charge in [0.25, 0.3) is 0 Å². The quantitative estimate of drug-likeness (QED) is 0.391. The molecule has 0 fully saturated rings. The third-order valence-electron chi connectivity index (χ3n) is 5.13.